The van der Waals surface area contributed by atoms with E-state index < -0.39 is 0 Å². The Labute approximate surface area is 186 Å². The number of hydrogen-bond acceptors (Lipinski definition) is 2. The lowest BCUT2D eigenvalue weighted by Gasteiger charge is -2.32. The topological polar surface area (TPSA) is 29.3 Å². The van der Waals surface area contributed by atoms with Gasteiger partial charge in [0, 0.05) is 0 Å². The molecular formula is C23H33Cl3N2. The zero-order chi connectivity index (χ0) is 19.6. The number of halogens is 3. The van der Waals surface area contributed by atoms with E-state index in [1.165, 1.54) is 63.5 Å². The zero-order valence-electron chi connectivity index (χ0n) is 16.9. The van der Waals surface area contributed by atoms with Crippen LogP contribution in [0.15, 0.2) is 48.5 Å². The van der Waals surface area contributed by atoms with Crippen LogP contribution in [0.25, 0.3) is 0 Å². The van der Waals surface area contributed by atoms with Crippen LogP contribution in [0.2, 0.25) is 10.0 Å². The monoisotopic (exact) mass is 442 g/mol. The maximum Gasteiger partial charge on any atom is 0.0595 e. The van der Waals surface area contributed by atoms with E-state index >= 15 is 0 Å². The van der Waals surface area contributed by atoms with Gasteiger partial charge in [-0.15, -0.1) is 12.4 Å². The molecule has 0 saturated carbocycles. The van der Waals surface area contributed by atoms with Gasteiger partial charge in [-0.2, -0.15) is 0 Å². The Morgan fingerprint density at radius 1 is 1.00 bits per heavy atom. The minimum Gasteiger partial charge on any atom is -0.333 e. The molecule has 0 bridgehead atoms. The number of piperidine rings is 1. The van der Waals surface area contributed by atoms with Gasteiger partial charge in [0.05, 0.1) is 10.0 Å². The van der Waals surface area contributed by atoms with E-state index in [2.05, 4.69) is 54.0 Å². The number of rotatable bonds is 6. The minimum absolute atomic E-state index is 0. The highest BCUT2D eigenvalue weighted by molar-refractivity contribution is 6.42. The van der Waals surface area contributed by atoms with Crippen molar-refractivity contribution in [3.05, 3.63) is 69.7 Å². The van der Waals surface area contributed by atoms with E-state index in [0.717, 1.165) is 5.92 Å². The van der Waals surface area contributed by atoms with Gasteiger partial charge in [-0.3, -0.25) is 0 Å². The van der Waals surface area contributed by atoms with Crippen LogP contribution < -0.4 is 5.73 Å². The molecule has 1 fully saturated rings. The lowest BCUT2D eigenvalue weighted by molar-refractivity contribution is 0.179. The smallest absolute Gasteiger partial charge is 0.0595 e. The Bertz CT molecular complexity index is 671. The molecule has 1 saturated heterocycles. The van der Waals surface area contributed by atoms with E-state index in [9.17, 15) is 0 Å². The van der Waals surface area contributed by atoms with Crippen molar-refractivity contribution in [2.45, 2.75) is 38.5 Å². The summed E-state index contributed by atoms with van der Waals surface area (Å²) in [4.78, 5) is 2.62. The van der Waals surface area contributed by atoms with Crippen molar-refractivity contribution in [3.8, 4) is 0 Å². The van der Waals surface area contributed by atoms with E-state index in [4.69, 9.17) is 23.2 Å². The van der Waals surface area contributed by atoms with Crippen LogP contribution in [0.1, 0.15) is 43.2 Å². The third-order valence-electron chi connectivity index (χ3n) is 5.47. The predicted octanol–water partition coefficient (Wildman–Crippen LogP) is 6.44. The molecule has 5 heteroatoms. The largest absolute Gasteiger partial charge is 0.333 e. The predicted molar refractivity (Wildman–Crippen MR) is 126 cm³/mol. The van der Waals surface area contributed by atoms with Crippen LogP contribution in [0.3, 0.4) is 0 Å². The van der Waals surface area contributed by atoms with Gasteiger partial charge in [0.2, 0.25) is 0 Å². The second kappa shape index (κ2) is 13.5. The van der Waals surface area contributed by atoms with Gasteiger partial charge in [0.15, 0.2) is 0 Å². The number of benzene rings is 2. The second-order valence-corrected chi connectivity index (χ2v) is 8.15. The molecule has 1 atom stereocenters. The first-order valence-corrected chi connectivity index (χ1v) is 10.7. The Morgan fingerprint density at radius 3 is 2.25 bits per heavy atom. The van der Waals surface area contributed by atoms with Crippen molar-refractivity contribution < 1.29 is 0 Å². The standard InChI is InChI=1S/C22H27Cl2N.CH5N.ClH/c1-17(20-7-8-21(23)22(24)16-20)9-12-25-13-10-19(11-14-25)15-18-5-3-2-4-6-18;1-2;/h2-8,16-17,19H,9-15H2,1H3;2H2,1H3;1H. The Morgan fingerprint density at radius 2 is 1.64 bits per heavy atom. The molecule has 1 unspecified atom stereocenters. The Kier molecular flexibility index (Phi) is 12.1. The molecule has 2 nitrogen and oxygen atoms in total. The lowest BCUT2D eigenvalue weighted by Crippen LogP contribution is -2.35. The van der Waals surface area contributed by atoms with Gasteiger partial charge in [-0.05, 0) is 87.5 Å². The first kappa shape index (κ1) is 25.3. The molecule has 0 amide bonds. The molecule has 0 aliphatic carbocycles. The minimum atomic E-state index is 0. The number of nitrogens with two attached hydrogens (primary N) is 1. The Balaban J connectivity index is 0.00000127. The second-order valence-electron chi connectivity index (χ2n) is 7.34. The van der Waals surface area contributed by atoms with Crippen LogP contribution in [-0.2, 0) is 6.42 Å². The van der Waals surface area contributed by atoms with Crippen molar-refractivity contribution in [2.75, 3.05) is 26.7 Å². The fraction of sp³-hybridized carbons (Fsp3) is 0.478. The lowest BCUT2D eigenvalue weighted by atomic mass is 9.89. The van der Waals surface area contributed by atoms with Gasteiger partial charge in [-0.25, -0.2) is 0 Å². The summed E-state index contributed by atoms with van der Waals surface area (Å²) >= 11 is 12.2. The number of hydrogen-bond donors (Lipinski definition) is 1. The van der Waals surface area contributed by atoms with Gasteiger partial charge in [0.1, 0.15) is 0 Å². The average molecular weight is 444 g/mol. The highest BCUT2D eigenvalue weighted by Gasteiger charge is 2.20. The summed E-state index contributed by atoms with van der Waals surface area (Å²) in [6.07, 6.45) is 5.03. The van der Waals surface area contributed by atoms with E-state index in [1.807, 2.05) is 12.1 Å². The van der Waals surface area contributed by atoms with E-state index in [0.29, 0.717) is 16.0 Å². The van der Waals surface area contributed by atoms with Crippen molar-refractivity contribution in [1.82, 2.24) is 4.90 Å². The Hall–Kier alpha value is -0.770. The molecule has 3 rings (SSSR count). The van der Waals surface area contributed by atoms with Crippen LogP contribution in [0.4, 0.5) is 0 Å². The molecule has 156 valence electrons. The van der Waals surface area contributed by atoms with Gasteiger partial charge >= 0.3 is 0 Å². The van der Waals surface area contributed by atoms with Crippen LogP contribution in [-0.4, -0.2) is 31.6 Å². The van der Waals surface area contributed by atoms with Crippen molar-refractivity contribution >= 4 is 35.6 Å². The molecule has 1 aliphatic rings. The maximum atomic E-state index is 6.15. The van der Waals surface area contributed by atoms with Gasteiger partial charge in [0.25, 0.3) is 0 Å². The summed E-state index contributed by atoms with van der Waals surface area (Å²) in [5.41, 5.74) is 7.27. The van der Waals surface area contributed by atoms with Crippen molar-refractivity contribution in [2.24, 2.45) is 11.7 Å². The molecule has 0 radical (unpaired) electrons. The molecule has 2 aromatic carbocycles. The highest BCUT2D eigenvalue weighted by atomic mass is 35.5. The molecule has 0 aromatic heterocycles. The van der Waals surface area contributed by atoms with Gasteiger partial charge < -0.3 is 10.6 Å². The molecule has 1 heterocycles. The average Bonchev–Trinajstić information content (AvgIpc) is 2.71. The summed E-state index contributed by atoms with van der Waals surface area (Å²) in [5, 5.41) is 1.30. The third kappa shape index (κ3) is 7.93. The molecule has 2 aromatic rings. The zero-order valence-corrected chi connectivity index (χ0v) is 19.2. The fourth-order valence-electron chi connectivity index (χ4n) is 3.72. The molecule has 2 N–H and O–H groups in total. The first-order chi connectivity index (χ1) is 13.1. The number of nitrogens with zero attached hydrogens (tertiary/aromatic N) is 1. The summed E-state index contributed by atoms with van der Waals surface area (Å²) in [6, 6.07) is 16.9. The van der Waals surface area contributed by atoms with Crippen LogP contribution in [0, 0.1) is 5.92 Å². The molecule has 0 spiro atoms. The first-order valence-electron chi connectivity index (χ1n) is 9.91. The fourth-order valence-corrected chi connectivity index (χ4v) is 4.03. The van der Waals surface area contributed by atoms with E-state index in [1.54, 1.807) is 0 Å². The summed E-state index contributed by atoms with van der Waals surface area (Å²) < 4.78 is 0. The summed E-state index contributed by atoms with van der Waals surface area (Å²) in [7, 11) is 1.50. The maximum absolute atomic E-state index is 6.15. The van der Waals surface area contributed by atoms with Crippen molar-refractivity contribution in [1.29, 1.82) is 0 Å². The van der Waals surface area contributed by atoms with Crippen LogP contribution >= 0.6 is 35.6 Å². The van der Waals surface area contributed by atoms with Gasteiger partial charge in [-0.1, -0.05) is 66.5 Å². The summed E-state index contributed by atoms with van der Waals surface area (Å²) in [6.45, 7) is 5.90. The quantitative estimate of drug-likeness (QED) is 0.556. The van der Waals surface area contributed by atoms with Crippen LogP contribution in [0.5, 0.6) is 0 Å². The highest BCUT2D eigenvalue weighted by Crippen LogP contribution is 2.28. The molecular weight excluding hydrogens is 411 g/mol. The molecule has 28 heavy (non-hydrogen) atoms. The third-order valence-corrected chi connectivity index (χ3v) is 6.20. The SMILES string of the molecule is CC(CCN1CCC(Cc2ccccc2)CC1)c1ccc(Cl)c(Cl)c1.CN.Cl. The van der Waals surface area contributed by atoms with E-state index in [-0.39, 0.29) is 12.4 Å². The van der Waals surface area contributed by atoms with Crippen molar-refractivity contribution in [3.63, 3.8) is 0 Å². The molecule has 1 aliphatic heterocycles. The summed E-state index contributed by atoms with van der Waals surface area (Å²) in [5.74, 6) is 1.35. The number of likely N-dealkylation sites (tertiary alicyclic amines) is 1. The normalized spacial score (nSPS) is 15.9.